The summed E-state index contributed by atoms with van der Waals surface area (Å²) in [5.74, 6) is -9.70. The topological polar surface area (TPSA) is 597 Å². The standard InChI is InChI=1S/C55H105N23O12/c1-2-3-4-5-6-7-8-11-24-66-43(80)33-41-51(88)76-39(20-15-28-71-55(64)65)48(85)74-37(18-13-26-69-53(60)61)46(83)73-36(17-12-25-68-52(58)59)47(84)75-38(19-14-27-70-54(62)63)49(86)77-40(50(87)78-41)21-22-42(79)67-29-30-89-31-32-90-34-44(81)72-35(45(57)82)16-9-10-23-56/h35-41H,2-34,56H2,1H3,(H2,57,82)(H,66,80)(H,67,79)(H,72,81)(H,73,83)(H,74,85)(H,75,84)(H,76,88)(H,77,86)(H,78,87)(H4,58,59,68)(H4,60,61,69)(H4,62,63,70)(H4,64,65,71)/t35?,36-,37+,38+,39-,40-,41-/m0/s1. The minimum Gasteiger partial charge on any atom is -0.377 e. The van der Waals surface area contributed by atoms with Crippen molar-refractivity contribution in [3.05, 3.63) is 0 Å². The summed E-state index contributed by atoms with van der Waals surface area (Å²) in [6.45, 7) is 2.59. The molecule has 1 heterocycles. The molecule has 35 heteroatoms. The van der Waals surface area contributed by atoms with Crippen molar-refractivity contribution in [3.63, 3.8) is 0 Å². The van der Waals surface area contributed by atoms with Gasteiger partial charge >= 0.3 is 0 Å². The zero-order valence-electron chi connectivity index (χ0n) is 52.2. The zero-order valence-corrected chi connectivity index (χ0v) is 52.2. The molecule has 0 spiro atoms. The number of ether oxygens (including phenoxy) is 2. The van der Waals surface area contributed by atoms with Crippen molar-refractivity contribution < 1.29 is 57.4 Å². The summed E-state index contributed by atoms with van der Waals surface area (Å²) in [4.78, 5) is 139. The molecular formula is C55H105N23O12. The highest BCUT2D eigenvalue weighted by molar-refractivity contribution is 5.99. The first-order valence-corrected chi connectivity index (χ1v) is 31.1. The largest absolute Gasteiger partial charge is 0.377 e. The van der Waals surface area contributed by atoms with Crippen LogP contribution in [0.15, 0.2) is 0 Å². The lowest BCUT2D eigenvalue weighted by Crippen LogP contribution is -2.62. The number of hydrogen-bond donors (Lipinski definition) is 23. The fourth-order valence-electron chi connectivity index (χ4n) is 9.07. The molecule has 1 aliphatic rings. The predicted octanol–water partition coefficient (Wildman–Crippen LogP) is -5.36. The fraction of sp³-hybridized carbons (Fsp3) is 0.745. The van der Waals surface area contributed by atoms with Crippen molar-refractivity contribution in [3.8, 4) is 0 Å². The minimum atomic E-state index is -1.73. The van der Waals surface area contributed by atoms with Crippen molar-refractivity contribution in [2.75, 3.05) is 72.2 Å². The van der Waals surface area contributed by atoms with E-state index in [9.17, 15) is 47.9 Å². The van der Waals surface area contributed by atoms with Crippen molar-refractivity contribution in [2.45, 2.75) is 190 Å². The van der Waals surface area contributed by atoms with Crippen molar-refractivity contribution in [2.24, 2.45) is 34.4 Å². The van der Waals surface area contributed by atoms with E-state index in [1.165, 1.54) is 0 Å². The second-order valence-corrected chi connectivity index (χ2v) is 21.7. The highest BCUT2D eigenvalue weighted by Gasteiger charge is 2.36. The molecule has 1 aliphatic heterocycles. The first kappa shape index (κ1) is 79.7. The van der Waals surface area contributed by atoms with E-state index in [0.717, 1.165) is 44.9 Å². The molecule has 0 aromatic rings. The van der Waals surface area contributed by atoms with E-state index in [4.69, 9.17) is 65.5 Å². The Morgan fingerprint density at radius 3 is 1.20 bits per heavy atom. The third-order valence-corrected chi connectivity index (χ3v) is 13.9. The van der Waals surface area contributed by atoms with Crippen molar-refractivity contribution in [1.29, 1.82) is 21.6 Å². The van der Waals surface area contributed by atoms with Crippen molar-refractivity contribution >= 4 is 82.9 Å². The van der Waals surface area contributed by atoms with Crippen LogP contribution in [-0.2, 0) is 57.4 Å². The smallest absolute Gasteiger partial charge is 0.246 e. The maximum absolute atomic E-state index is 14.7. The molecule has 29 N–H and O–H groups in total. The molecule has 10 amide bonds. The lowest BCUT2D eigenvalue weighted by atomic mass is 10.0. The second-order valence-electron chi connectivity index (χ2n) is 21.7. The summed E-state index contributed by atoms with van der Waals surface area (Å²) in [5.41, 5.74) is 32.9. The quantitative estimate of drug-likeness (QED) is 0.0154. The molecule has 0 aromatic carbocycles. The molecule has 0 bridgehead atoms. The number of hydrogen-bond acceptors (Lipinski definition) is 17. The van der Waals surface area contributed by atoms with Gasteiger partial charge in [-0.1, -0.05) is 51.9 Å². The number of nitrogens with two attached hydrogens (primary N) is 6. The summed E-state index contributed by atoms with van der Waals surface area (Å²) < 4.78 is 10.9. The number of nitrogens with one attached hydrogen (secondary N) is 17. The van der Waals surface area contributed by atoms with Gasteiger partial charge in [0.25, 0.3) is 0 Å². The van der Waals surface area contributed by atoms with E-state index < -0.39 is 121 Å². The monoisotopic (exact) mass is 1280 g/mol. The normalized spacial score (nSPS) is 18.6. The van der Waals surface area contributed by atoms with Gasteiger partial charge in [-0.3, -0.25) is 69.6 Å². The number of rotatable bonds is 44. The highest BCUT2D eigenvalue weighted by atomic mass is 16.5. The minimum absolute atomic E-state index is 0.00988. The number of carbonyl (C=O) groups excluding carboxylic acids is 10. The molecular weight excluding hydrogens is 1170 g/mol. The Bertz CT molecular complexity index is 2280. The third-order valence-electron chi connectivity index (χ3n) is 13.9. The van der Waals surface area contributed by atoms with E-state index in [2.05, 4.69) is 76.0 Å². The summed E-state index contributed by atoms with van der Waals surface area (Å²) in [5, 5.41) is 64.6. The van der Waals surface area contributed by atoms with Gasteiger partial charge in [0.2, 0.25) is 59.1 Å². The Balaban J connectivity index is 3.76. The lowest BCUT2D eigenvalue weighted by molar-refractivity contribution is -0.137. The summed E-state index contributed by atoms with van der Waals surface area (Å²) >= 11 is 0. The van der Waals surface area contributed by atoms with E-state index in [0.29, 0.717) is 32.2 Å². The molecule has 512 valence electrons. The summed E-state index contributed by atoms with van der Waals surface area (Å²) in [6, 6.07) is -10.1. The van der Waals surface area contributed by atoms with Gasteiger partial charge in [-0.05, 0) is 90.0 Å². The van der Waals surface area contributed by atoms with Crippen LogP contribution in [0.3, 0.4) is 0 Å². The van der Waals surface area contributed by atoms with Gasteiger partial charge in [0.15, 0.2) is 23.8 Å². The number of primary amides is 1. The molecule has 35 nitrogen and oxygen atoms in total. The van der Waals surface area contributed by atoms with Crippen LogP contribution in [0.5, 0.6) is 0 Å². The average Bonchev–Trinajstić information content (AvgIpc) is 2.07. The number of carbonyl (C=O) groups is 10. The van der Waals surface area contributed by atoms with Crippen molar-refractivity contribution in [1.82, 2.24) is 69.1 Å². The number of guanidine groups is 4. The SMILES string of the molecule is CCCCCCCCCCNC(=O)C[C@@H]1NC(=O)[C@H](CCC(=O)NCCOCCOCC(=O)NC(CCCCN)C(N)=O)NC(=O)[C@@H](CCCNC(=N)N)NC(=O)[C@H](CCCNC(=N)N)NC(=O)[C@@H](CCCNC(=N)N)NC(=O)[C@H](CCCNC(=N)N)NC1=O. The van der Waals surface area contributed by atoms with Crippen LogP contribution < -0.4 is 104 Å². The van der Waals surface area contributed by atoms with Gasteiger partial charge in [-0.2, -0.15) is 0 Å². The van der Waals surface area contributed by atoms with Crippen LogP contribution in [0.1, 0.15) is 148 Å². The average molecular weight is 1280 g/mol. The predicted molar refractivity (Wildman–Crippen MR) is 336 cm³/mol. The maximum atomic E-state index is 14.7. The fourth-order valence-corrected chi connectivity index (χ4v) is 9.07. The molecule has 1 rings (SSSR count). The van der Waals surface area contributed by atoms with E-state index in [1.807, 2.05) is 0 Å². The Morgan fingerprint density at radius 2 is 0.789 bits per heavy atom. The summed E-state index contributed by atoms with van der Waals surface area (Å²) in [7, 11) is 0. The third kappa shape index (κ3) is 39.5. The second kappa shape index (κ2) is 48.6. The van der Waals surface area contributed by atoms with Gasteiger partial charge < -0.3 is 113 Å². The summed E-state index contributed by atoms with van der Waals surface area (Å²) in [6.07, 6.45) is 7.88. The molecule has 0 aromatic heterocycles. The zero-order chi connectivity index (χ0) is 67.1. The van der Waals surface area contributed by atoms with Gasteiger partial charge in [-0.25, -0.2) is 0 Å². The van der Waals surface area contributed by atoms with Gasteiger partial charge in [0, 0.05) is 45.7 Å². The molecule has 1 unspecified atom stereocenters. The Labute approximate surface area is 526 Å². The van der Waals surface area contributed by atoms with Crippen LogP contribution in [0, 0.1) is 21.6 Å². The van der Waals surface area contributed by atoms with Gasteiger partial charge in [-0.15, -0.1) is 0 Å². The van der Waals surface area contributed by atoms with E-state index >= 15 is 0 Å². The van der Waals surface area contributed by atoms with Crippen LogP contribution in [0.25, 0.3) is 0 Å². The van der Waals surface area contributed by atoms with E-state index in [-0.39, 0.29) is 141 Å². The molecule has 0 radical (unpaired) electrons. The highest BCUT2D eigenvalue weighted by Crippen LogP contribution is 2.12. The number of unbranched alkanes of at least 4 members (excludes halogenated alkanes) is 8. The van der Waals surface area contributed by atoms with Crippen LogP contribution in [0.4, 0.5) is 0 Å². The van der Waals surface area contributed by atoms with Crippen LogP contribution >= 0.6 is 0 Å². The molecule has 1 fully saturated rings. The molecule has 7 atom stereocenters. The molecule has 90 heavy (non-hydrogen) atoms. The first-order valence-electron chi connectivity index (χ1n) is 31.1. The molecule has 1 saturated heterocycles. The Morgan fingerprint density at radius 1 is 0.422 bits per heavy atom. The Kier molecular flexibility index (Phi) is 43.0. The van der Waals surface area contributed by atoms with Crippen LogP contribution in [-0.4, -0.2) is 197 Å². The van der Waals surface area contributed by atoms with E-state index in [1.54, 1.807) is 0 Å². The van der Waals surface area contributed by atoms with Crippen LogP contribution in [0.2, 0.25) is 0 Å². The first-order chi connectivity index (χ1) is 43.0. The molecule has 0 saturated carbocycles. The van der Waals surface area contributed by atoms with Gasteiger partial charge in [0.05, 0.1) is 26.2 Å². The number of amides is 10. The molecule has 0 aliphatic carbocycles. The lowest BCUT2D eigenvalue weighted by Gasteiger charge is -2.29. The maximum Gasteiger partial charge on any atom is 0.246 e. The Hall–Kier alpha value is -8.34. The van der Waals surface area contributed by atoms with Gasteiger partial charge in [0.1, 0.15) is 48.9 Å².